The molecule has 0 saturated carbocycles. The highest BCUT2D eigenvalue weighted by molar-refractivity contribution is 6.42. The van der Waals surface area contributed by atoms with Crippen molar-refractivity contribution in [3.63, 3.8) is 0 Å². The van der Waals surface area contributed by atoms with E-state index >= 15 is 0 Å². The second-order valence-corrected chi connectivity index (χ2v) is 7.78. The monoisotopic (exact) mass is 500 g/mol. The van der Waals surface area contributed by atoms with Gasteiger partial charge in [0.25, 0.3) is 0 Å². The Bertz CT molecular complexity index is 1220. The van der Waals surface area contributed by atoms with Gasteiger partial charge in [0.1, 0.15) is 6.61 Å². The molecule has 0 aliphatic carbocycles. The molecule has 1 heterocycles. The van der Waals surface area contributed by atoms with Crippen LogP contribution in [0.4, 0.5) is 11.5 Å². The van der Waals surface area contributed by atoms with E-state index in [0.29, 0.717) is 40.1 Å². The zero-order chi connectivity index (χ0) is 24.5. The SMILES string of the molecule is C=CCc1cc(/C=N\Nc2ncccc2[N+](=O)[O-])cc(OCC)c1OCc1ccc(Cl)c(Cl)c1. The van der Waals surface area contributed by atoms with Gasteiger partial charge < -0.3 is 9.47 Å². The molecular weight excluding hydrogens is 479 g/mol. The first-order valence-corrected chi connectivity index (χ1v) is 11.0. The summed E-state index contributed by atoms with van der Waals surface area (Å²) in [5, 5.41) is 16.2. The molecule has 0 aliphatic rings. The van der Waals surface area contributed by atoms with Crippen molar-refractivity contribution in [2.45, 2.75) is 20.0 Å². The highest BCUT2D eigenvalue weighted by Crippen LogP contribution is 2.35. The predicted molar refractivity (Wildman–Crippen MR) is 134 cm³/mol. The van der Waals surface area contributed by atoms with E-state index in [0.717, 1.165) is 11.1 Å². The number of nitrogens with zero attached hydrogens (tertiary/aromatic N) is 3. The molecule has 1 aromatic heterocycles. The summed E-state index contributed by atoms with van der Waals surface area (Å²) < 4.78 is 11.9. The Labute approximate surface area is 207 Å². The summed E-state index contributed by atoms with van der Waals surface area (Å²) in [5.74, 6) is 1.16. The van der Waals surface area contributed by atoms with Gasteiger partial charge in [-0.2, -0.15) is 5.10 Å². The van der Waals surface area contributed by atoms with Gasteiger partial charge in [-0.15, -0.1) is 6.58 Å². The Hall–Kier alpha value is -3.62. The molecule has 34 heavy (non-hydrogen) atoms. The van der Waals surface area contributed by atoms with Crippen LogP contribution in [0.5, 0.6) is 11.5 Å². The van der Waals surface area contributed by atoms with Crippen LogP contribution in [0.15, 0.2) is 66.4 Å². The van der Waals surface area contributed by atoms with Crippen LogP contribution in [0.2, 0.25) is 10.0 Å². The Balaban J connectivity index is 1.86. The number of ether oxygens (including phenoxy) is 2. The Morgan fingerprint density at radius 1 is 1.21 bits per heavy atom. The number of nitrogens with one attached hydrogen (secondary N) is 1. The van der Waals surface area contributed by atoms with E-state index in [1.807, 2.05) is 19.1 Å². The number of aromatic nitrogens is 1. The molecule has 3 rings (SSSR count). The first-order chi connectivity index (χ1) is 16.4. The van der Waals surface area contributed by atoms with E-state index in [1.54, 1.807) is 24.3 Å². The molecule has 0 fully saturated rings. The largest absolute Gasteiger partial charge is 0.490 e. The number of pyridine rings is 1. The summed E-state index contributed by atoms with van der Waals surface area (Å²) in [5.41, 5.74) is 4.84. The fraction of sp³-hybridized carbons (Fsp3) is 0.167. The van der Waals surface area contributed by atoms with Gasteiger partial charge in [0.05, 0.1) is 27.8 Å². The third-order valence-electron chi connectivity index (χ3n) is 4.55. The van der Waals surface area contributed by atoms with Gasteiger partial charge in [0.2, 0.25) is 5.82 Å². The van der Waals surface area contributed by atoms with Crippen LogP contribution in [-0.4, -0.2) is 22.7 Å². The summed E-state index contributed by atoms with van der Waals surface area (Å²) in [6, 6.07) is 11.8. The van der Waals surface area contributed by atoms with Crippen molar-refractivity contribution in [3.05, 3.63) is 98.2 Å². The summed E-state index contributed by atoms with van der Waals surface area (Å²) >= 11 is 12.1. The van der Waals surface area contributed by atoms with Gasteiger partial charge in [-0.25, -0.2) is 4.98 Å². The summed E-state index contributed by atoms with van der Waals surface area (Å²) in [6.45, 7) is 6.39. The molecular formula is C24H22Cl2N4O4. The lowest BCUT2D eigenvalue weighted by molar-refractivity contribution is -0.384. The van der Waals surface area contributed by atoms with Crippen molar-refractivity contribution in [2.75, 3.05) is 12.0 Å². The molecule has 0 saturated heterocycles. The molecule has 10 heteroatoms. The number of halogens is 2. The zero-order valence-corrected chi connectivity index (χ0v) is 19.8. The summed E-state index contributed by atoms with van der Waals surface area (Å²) in [4.78, 5) is 14.6. The van der Waals surface area contributed by atoms with E-state index in [9.17, 15) is 10.1 Å². The quantitative estimate of drug-likeness (QED) is 0.140. The van der Waals surface area contributed by atoms with Crippen molar-refractivity contribution >= 4 is 40.9 Å². The third-order valence-corrected chi connectivity index (χ3v) is 5.29. The van der Waals surface area contributed by atoms with E-state index in [4.69, 9.17) is 32.7 Å². The maximum atomic E-state index is 11.1. The maximum Gasteiger partial charge on any atom is 0.313 e. The van der Waals surface area contributed by atoms with Crippen LogP contribution < -0.4 is 14.9 Å². The second kappa shape index (κ2) is 12.0. The topological polar surface area (TPSA) is 98.9 Å². The second-order valence-electron chi connectivity index (χ2n) is 6.97. The van der Waals surface area contributed by atoms with E-state index < -0.39 is 4.92 Å². The standard InChI is InChI=1S/C24H22Cl2N4O4/c1-3-6-18-11-17(14-28-29-24-21(30(31)32)7-5-10-27-24)13-22(33-4-2)23(18)34-15-16-8-9-19(25)20(26)12-16/h3,5,7-14H,1,4,6,15H2,2H3,(H,27,29)/b28-14-. The lowest BCUT2D eigenvalue weighted by Crippen LogP contribution is -2.04. The summed E-state index contributed by atoms with van der Waals surface area (Å²) in [7, 11) is 0. The molecule has 2 aromatic carbocycles. The Kier molecular flexibility index (Phi) is 8.84. The van der Waals surface area contributed by atoms with Crippen molar-refractivity contribution in [1.82, 2.24) is 4.98 Å². The van der Waals surface area contributed by atoms with Crippen molar-refractivity contribution in [3.8, 4) is 11.5 Å². The molecule has 0 aliphatic heterocycles. The number of rotatable bonds is 11. The maximum absolute atomic E-state index is 11.1. The molecule has 0 unspecified atom stereocenters. The van der Waals surface area contributed by atoms with Gasteiger partial charge in [0, 0.05) is 17.8 Å². The minimum absolute atomic E-state index is 0.0432. The highest BCUT2D eigenvalue weighted by Gasteiger charge is 2.15. The number of hydrogen-bond acceptors (Lipinski definition) is 7. The first kappa shape index (κ1) is 25.0. The normalized spacial score (nSPS) is 10.8. The fourth-order valence-corrected chi connectivity index (χ4v) is 3.40. The first-order valence-electron chi connectivity index (χ1n) is 10.3. The number of hydrogen-bond donors (Lipinski definition) is 1. The van der Waals surface area contributed by atoms with Crippen LogP contribution in [-0.2, 0) is 13.0 Å². The molecule has 3 aromatic rings. The van der Waals surface area contributed by atoms with Crippen LogP contribution >= 0.6 is 23.2 Å². The van der Waals surface area contributed by atoms with Crippen molar-refractivity contribution < 1.29 is 14.4 Å². The molecule has 0 atom stereocenters. The minimum atomic E-state index is -0.528. The van der Waals surface area contributed by atoms with Crippen LogP contribution in [0.3, 0.4) is 0 Å². The highest BCUT2D eigenvalue weighted by atomic mass is 35.5. The van der Waals surface area contributed by atoms with Gasteiger partial charge in [0.15, 0.2) is 11.5 Å². The van der Waals surface area contributed by atoms with Crippen LogP contribution in [0, 0.1) is 10.1 Å². The molecule has 8 nitrogen and oxygen atoms in total. The average Bonchev–Trinajstić information content (AvgIpc) is 2.81. The summed E-state index contributed by atoms with van der Waals surface area (Å²) in [6.07, 6.45) is 5.25. The third kappa shape index (κ3) is 6.46. The Morgan fingerprint density at radius 3 is 2.74 bits per heavy atom. The number of anilines is 1. The molecule has 1 N–H and O–H groups in total. The lowest BCUT2D eigenvalue weighted by Gasteiger charge is -2.17. The number of benzene rings is 2. The lowest BCUT2D eigenvalue weighted by atomic mass is 10.1. The predicted octanol–water partition coefficient (Wildman–Crippen LogP) is 6.45. The van der Waals surface area contributed by atoms with Crippen LogP contribution in [0.1, 0.15) is 23.6 Å². The van der Waals surface area contributed by atoms with E-state index in [1.165, 1.54) is 24.5 Å². The molecule has 0 radical (unpaired) electrons. The average molecular weight is 501 g/mol. The van der Waals surface area contributed by atoms with Gasteiger partial charge in [-0.3, -0.25) is 15.5 Å². The number of nitro groups is 1. The van der Waals surface area contributed by atoms with E-state index in [-0.39, 0.29) is 18.1 Å². The molecule has 0 spiro atoms. The molecule has 176 valence electrons. The zero-order valence-electron chi connectivity index (χ0n) is 18.3. The van der Waals surface area contributed by atoms with E-state index in [2.05, 4.69) is 22.1 Å². The van der Waals surface area contributed by atoms with Gasteiger partial charge in [-0.1, -0.05) is 35.3 Å². The van der Waals surface area contributed by atoms with Gasteiger partial charge in [-0.05, 0) is 54.8 Å². The minimum Gasteiger partial charge on any atom is -0.490 e. The van der Waals surface area contributed by atoms with Crippen molar-refractivity contribution in [2.24, 2.45) is 5.10 Å². The van der Waals surface area contributed by atoms with Gasteiger partial charge >= 0.3 is 5.69 Å². The fourth-order valence-electron chi connectivity index (χ4n) is 3.07. The molecule has 0 bridgehead atoms. The number of allylic oxidation sites excluding steroid dienone is 1. The smallest absolute Gasteiger partial charge is 0.313 e. The Morgan fingerprint density at radius 2 is 2.03 bits per heavy atom. The van der Waals surface area contributed by atoms with Crippen LogP contribution in [0.25, 0.3) is 0 Å². The number of hydrazone groups is 1. The van der Waals surface area contributed by atoms with Crippen molar-refractivity contribution in [1.29, 1.82) is 0 Å². The molecule has 0 amide bonds.